The SMILES string of the molecule is COc1cc(OC)c(OC)cc1/C=C(\NC(=O)c1ccccc1)C(=O)Nc1ccc(SCC(=O)Nc2nc(-c3ccc(Br)cc3)cs2)cc1. The fraction of sp³-hybridized carbons (Fsp3) is 0.111. The summed E-state index contributed by atoms with van der Waals surface area (Å²) in [6, 6.07) is 26.7. The Hall–Kier alpha value is -5.11. The summed E-state index contributed by atoms with van der Waals surface area (Å²) >= 11 is 6.14. The number of carbonyl (C=O) groups is 3. The fourth-order valence-electron chi connectivity index (χ4n) is 4.49. The van der Waals surface area contributed by atoms with Crippen LogP contribution < -0.4 is 30.2 Å². The van der Waals surface area contributed by atoms with Gasteiger partial charge in [-0.05, 0) is 60.7 Å². The van der Waals surface area contributed by atoms with Crippen LogP contribution in [0.1, 0.15) is 15.9 Å². The molecule has 0 fully saturated rings. The van der Waals surface area contributed by atoms with Crippen molar-refractivity contribution in [3.8, 4) is 28.5 Å². The van der Waals surface area contributed by atoms with E-state index in [1.165, 1.54) is 50.5 Å². The number of ether oxygens (including phenoxy) is 3. The maximum absolute atomic E-state index is 13.6. The van der Waals surface area contributed by atoms with Crippen molar-refractivity contribution < 1.29 is 28.6 Å². The number of halogens is 1. The van der Waals surface area contributed by atoms with Gasteiger partial charge in [0, 0.05) is 43.2 Å². The summed E-state index contributed by atoms with van der Waals surface area (Å²) in [5, 5.41) is 10.8. The van der Waals surface area contributed by atoms with E-state index < -0.39 is 11.8 Å². The van der Waals surface area contributed by atoms with E-state index in [4.69, 9.17) is 14.2 Å². The highest BCUT2D eigenvalue weighted by atomic mass is 79.9. The second-order valence-corrected chi connectivity index (χ2v) is 13.0. The summed E-state index contributed by atoms with van der Waals surface area (Å²) in [5.74, 6) is 0.226. The van der Waals surface area contributed by atoms with Gasteiger partial charge in [0.05, 0.1) is 32.8 Å². The number of nitrogens with one attached hydrogen (secondary N) is 3. The van der Waals surface area contributed by atoms with Gasteiger partial charge in [0.25, 0.3) is 11.8 Å². The third-order valence-electron chi connectivity index (χ3n) is 6.94. The number of carbonyl (C=O) groups excluding carboxylic acids is 3. The first-order valence-electron chi connectivity index (χ1n) is 14.7. The second-order valence-electron chi connectivity index (χ2n) is 10.2. The van der Waals surface area contributed by atoms with Gasteiger partial charge in [-0.25, -0.2) is 4.98 Å². The number of aromatic nitrogens is 1. The number of hydrogen-bond acceptors (Lipinski definition) is 9. The first-order chi connectivity index (χ1) is 23.8. The minimum atomic E-state index is -0.563. The van der Waals surface area contributed by atoms with Crippen LogP contribution in [-0.4, -0.2) is 49.8 Å². The standard InChI is InChI=1S/C36H31BrN4O6S2/c1-45-30-19-32(47-3)31(46-2)18-24(30)17-28(39-34(43)23-7-5-4-6-8-23)35(44)38-26-13-15-27(16-14-26)48-21-33(42)41-36-40-29(20-49-36)22-9-11-25(37)12-10-22/h4-20H,21H2,1-3H3,(H,38,44)(H,39,43)(H,40,41,42)/b28-17-. The van der Waals surface area contributed by atoms with Crippen LogP contribution in [-0.2, 0) is 9.59 Å². The van der Waals surface area contributed by atoms with Crippen molar-refractivity contribution in [1.29, 1.82) is 0 Å². The molecule has 3 amide bonds. The summed E-state index contributed by atoms with van der Waals surface area (Å²) in [6.07, 6.45) is 1.50. The summed E-state index contributed by atoms with van der Waals surface area (Å²) in [5.41, 5.74) is 3.07. The van der Waals surface area contributed by atoms with Gasteiger partial charge in [0.1, 0.15) is 11.4 Å². The van der Waals surface area contributed by atoms with Crippen LogP contribution in [0.4, 0.5) is 10.8 Å². The van der Waals surface area contributed by atoms with Gasteiger partial charge < -0.3 is 30.2 Å². The Morgan fingerprint density at radius 2 is 1.51 bits per heavy atom. The molecule has 0 unspecified atom stereocenters. The lowest BCUT2D eigenvalue weighted by Gasteiger charge is -2.15. The van der Waals surface area contributed by atoms with Crippen molar-refractivity contribution in [1.82, 2.24) is 10.3 Å². The molecule has 3 N–H and O–H groups in total. The van der Waals surface area contributed by atoms with Gasteiger partial charge in [-0.3, -0.25) is 14.4 Å². The third-order valence-corrected chi connectivity index (χ3v) is 9.24. The molecule has 0 atom stereocenters. The number of rotatable bonds is 13. The van der Waals surface area contributed by atoms with E-state index in [2.05, 4.69) is 36.9 Å². The first-order valence-corrected chi connectivity index (χ1v) is 17.4. The zero-order valence-electron chi connectivity index (χ0n) is 26.6. The molecule has 0 aliphatic heterocycles. The predicted molar refractivity (Wildman–Crippen MR) is 198 cm³/mol. The maximum Gasteiger partial charge on any atom is 0.272 e. The average molecular weight is 760 g/mol. The number of thioether (sulfide) groups is 1. The van der Waals surface area contributed by atoms with Crippen LogP contribution in [0.5, 0.6) is 17.2 Å². The Labute approximate surface area is 300 Å². The number of nitrogens with zero attached hydrogens (tertiary/aromatic N) is 1. The molecular weight excluding hydrogens is 728 g/mol. The van der Waals surface area contributed by atoms with Gasteiger partial charge in [-0.15, -0.1) is 23.1 Å². The van der Waals surface area contributed by atoms with Crippen LogP contribution in [0.15, 0.2) is 111 Å². The topological polar surface area (TPSA) is 128 Å². The average Bonchev–Trinajstić information content (AvgIpc) is 3.59. The van der Waals surface area contributed by atoms with E-state index in [1.54, 1.807) is 66.7 Å². The van der Waals surface area contributed by atoms with Crippen molar-refractivity contribution in [2.24, 2.45) is 0 Å². The van der Waals surface area contributed by atoms with Gasteiger partial charge in [0.2, 0.25) is 5.91 Å². The fourth-order valence-corrected chi connectivity index (χ4v) is 6.18. The summed E-state index contributed by atoms with van der Waals surface area (Å²) in [4.78, 5) is 44.7. The molecule has 0 saturated carbocycles. The Bertz CT molecular complexity index is 1970. The Morgan fingerprint density at radius 1 is 0.837 bits per heavy atom. The summed E-state index contributed by atoms with van der Waals surface area (Å²) in [6.45, 7) is 0. The van der Waals surface area contributed by atoms with Crippen LogP contribution in [0, 0.1) is 0 Å². The monoisotopic (exact) mass is 758 g/mol. The molecule has 0 aliphatic carbocycles. The second kappa shape index (κ2) is 16.8. The quantitative estimate of drug-likeness (QED) is 0.0823. The first kappa shape index (κ1) is 35.2. The van der Waals surface area contributed by atoms with Crippen LogP contribution >= 0.6 is 39.0 Å². The molecule has 0 spiro atoms. The molecule has 1 heterocycles. The van der Waals surface area contributed by atoms with E-state index in [-0.39, 0.29) is 17.4 Å². The third kappa shape index (κ3) is 9.50. The van der Waals surface area contributed by atoms with Crippen molar-refractivity contribution in [2.75, 3.05) is 37.7 Å². The minimum Gasteiger partial charge on any atom is -0.496 e. The molecule has 13 heteroatoms. The van der Waals surface area contributed by atoms with Crippen molar-refractivity contribution >= 4 is 73.6 Å². The molecule has 0 radical (unpaired) electrons. The van der Waals surface area contributed by atoms with Gasteiger partial charge >= 0.3 is 0 Å². The molecule has 0 bridgehead atoms. The lowest BCUT2D eigenvalue weighted by atomic mass is 10.1. The summed E-state index contributed by atoms with van der Waals surface area (Å²) in [7, 11) is 4.50. The molecule has 49 heavy (non-hydrogen) atoms. The van der Waals surface area contributed by atoms with Gasteiger partial charge in [-0.1, -0.05) is 46.3 Å². The van der Waals surface area contributed by atoms with Crippen molar-refractivity contribution in [2.45, 2.75) is 4.90 Å². The molecule has 10 nitrogen and oxygen atoms in total. The Kier molecular flexibility index (Phi) is 12.1. The van der Waals surface area contributed by atoms with Crippen LogP contribution in [0.3, 0.4) is 0 Å². The maximum atomic E-state index is 13.6. The largest absolute Gasteiger partial charge is 0.496 e. The molecule has 5 aromatic rings. The lowest BCUT2D eigenvalue weighted by molar-refractivity contribution is -0.114. The zero-order valence-corrected chi connectivity index (χ0v) is 29.8. The molecule has 0 saturated heterocycles. The van der Waals surface area contributed by atoms with E-state index in [9.17, 15) is 14.4 Å². The number of hydrogen-bond donors (Lipinski definition) is 3. The Morgan fingerprint density at radius 3 is 2.18 bits per heavy atom. The van der Waals surface area contributed by atoms with E-state index in [0.717, 1.165) is 20.6 Å². The highest BCUT2D eigenvalue weighted by Gasteiger charge is 2.18. The smallest absolute Gasteiger partial charge is 0.272 e. The van der Waals surface area contributed by atoms with Gasteiger partial charge in [0.15, 0.2) is 16.6 Å². The lowest BCUT2D eigenvalue weighted by Crippen LogP contribution is -2.30. The molecule has 4 aromatic carbocycles. The molecule has 0 aliphatic rings. The van der Waals surface area contributed by atoms with E-state index >= 15 is 0 Å². The number of methoxy groups -OCH3 is 3. The summed E-state index contributed by atoms with van der Waals surface area (Å²) < 4.78 is 17.3. The molecule has 250 valence electrons. The zero-order chi connectivity index (χ0) is 34.8. The van der Waals surface area contributed by atoms with E-state index in [0.29, 0.717) is 39.2 Å². The van der Waals surface area contributed by atoms with Crippen LogP contribution in [0.25, 0.3) is 17.3 Å². The van der Waals surface area contributed by atoms with Crippen LogP contribution in [0.2, 0.25) is 0 Å². The number of amides is 3. The number of anilines is 2. The number of benzene rings is 4. The van der Waals surface area contributed by atoms with Gasteiger partial charge in [-0.2, -0.15) is 0 Å². The minimum absolute atomic E-state index is 0.0278. The molecule has 1 aromatic heterocycles. The molecular formula is C36H31BrN4O6S2. The predicted octanol–water partition coefficient (Wildman–Crippen LogP) is 7.74. The highest BCUT2D eigenvalue weighted by molar-refractivity contribution is 9.10. The normalized spacial score (nSPS) is 11.0. The molecule has 5 rings (SSSR count). The van der Waals surface area contributed by atoms with Crippen molar-refractivity contribution in [3.63, 3.8) is 0 Å². The van der Waals surface area contributed by atoms with Crippen molar-refractivity contribution in [3.05, 3.63) is 118 Å². The van der Waals surface area contributed by atoms with E-state index in [1.807, 2.05) is 29.6 Å². The number of thiazole rings is 1. The highest BCUT2D eigenvalue weighted by Crippen LogP contribution is 2.36. The Balaban J connectivity index is 1.25.